The SMILES string of the molecule is CCc1ccc(Sc2ccc(Cl)c([N+](=O)[O-])c2)cc1. The molecule has 0 saturated heterocycles. The Balaban J connectivity index is 2.22. The van der Waals surface area contributed by atoms with Crippen LogP contribution in [0.2, 0.25) is 5.02 Å². The molecule has 0 aromatic heterocycles. The third-order valence-corrected chi connectivity index (χ3v) is 4.00. The molecule has 0 N–H and O–H groups in total. The molecule has 0 heterocycles. The first kappa shape index (κ1) is 13.9. The zero-order valence-electron chi connectivity index (χ0n) is 10.3. The van der Waals surface area contributed by atoms with Crippen LogP contribution in [0, 0.1) is 10.1 Å². The van der Waals surface area contributed by atoms with Gasteiger partial charge in [0, 0.05) is 15.9 Å². The fraction of sp³-hybridized carbons (Fsp3) is 0.143. The molecule has 0 aliphatic carbocycles. The van der Waals surface area contributed by atoms with Crippen LogP contribution >= 0.6 is 23.4 Å². The minimum Gasteiger partial charge on any atom is -0.258 e. The number of nitro benzene ring substituents is 1. The van der Waals surface area contributed by atoms with E-state index in [9.17, 15) is 10.1 Å². The van der Waals surface area contributed by atoms with Gasteiger partial charge < -0.3 is 0 Å². The molecule has 19 heavy (non-hydrogen) atoms. The molecule has 0 radical (unpaired) electrons. The molecule has 0 aliphatic heterocycles. The van der Waals surface area contributed by atoms with Crippen LogP contribution in [0.1, 0.15) is 12.5 Å². The van der Waals surface area contributed by atoms with Gasteiger partial charge in [-0.15, -0.1) is 0 Å². The number of nitro groups is 1. The molecule has 0 atom stereocenters. The highest BCUT2D eigenvalue weighted by molar-refractivity contribution is 7.99. The molecule has 0 spiro atoms. The van der Waals surface area contributed by atoms with Crippen molar-refractivity contribution in [1.29, 1.82) is 0 Å². The molecule has 0 saturated carbocycles. The average molecular weight is 294 g/mol. The van der Waals surface area contributed by atoms with Gasteiger partial charge in [0.15, 0.2) is 0 Å². The second kappa shape index (κ2) is 6.08. The Kier molecular flexibility index (Phi) is 4.45. The van der Waals surface area contributed by atoms with E-state index >= 15 is 0 Å². The summed E-state index contributed by atoms with van der Waals surface area (Å²) in [5.41, 5.74) is 1.21. The van der Waals surface area contributed by atoms with Gasteiger partial charge in [-0.2, -0.15) is 0 Å². The van der Waals surface area contributed by atoms with Crippen molar-refractivity contribution in [3.05, 3.63) is 63.2 Å². The Bertz CT molecular complexity index is 599. The summed E-state index contributed by atoms with van der Waals surface area (Å²) in [6.07, 6.45) is 0.997. The molecule has 98 valence electrons. The lowest BCUT2D eigenvalue weighted by Crippen LogP contribution is -1.89. The molecular formula is C14H12ClNO2S. The van der Waals surface area contributed by atoms with Gasteiger partial charge in [-0.05, 0) is 36.2 Å². The van der Waals surface area contributed by atoms with Crippen LogP contribution in [0.5, 0.6) is 0 Å². The maximum atomic E-state index is 10.8. The first-order valence-corrected chi connectivity index (χ1v) is 7.00. The highest BCUT2D eigenvalue weighted by atomic mass is 35.5. The van der Waals surface area contributed by atoms with E-state index in [4.69, 9.17) is 11.6 Å². The van der Waals surface area contributed by atoms with Crippen molar-refractivity contribution in [2.75, 3.05) is 0 Å². The fourth-order valence-electron chi connectivity index (χ4n) is 1.63. The zero-order valence-corrected chi connectivity index (χ0v) is 11.9. The van der Waals surface area contributed by atoms with Crippen molar-refractivity contribution in [1.82, 2.24) is 0 Å². The fourth-order valence-corrected chi connectivity index (χ4v) is 2.66. The lowest BCUT2D eigenvalue weighted by molar-refractivity contribution is -0.384. The Hall–Kier alpha value is -1.52. The molecule has 0 aliphatic rings. The van der Waals surface area contributed by atoms with Crippen molar-refractivity contribution in [3.8, 4) is 0 Å². The van der Waals surface area contributed by atoms with Gasteiger partial charge in [0.25, 0.3) is 5.69 Å². The Morgan fingerprint density at radius 3 is 2.37 bits per heavy atom. The van der Waals surface area contributed by atoms with Crippen LogP contribution in [0.25, 0.3) is 0 Å². The zero-order chi connectivity index (χ0) is 13.8. The van der Waals surface area contributed by atoms with E-state index in [1.165, 1.54) is 23.4 Å². The monoisotopic (exact) mass is 293 g/mol. The third-order valence-electron chi connectivity index (χ3n) is 2.68. The number of nitrogens with zero attached hydrogens (tertiary/aromatic N) is 1. The molecule has 3 nitrogen and oxygen atoms in total. The van der Waals surface area contributed by atoms with Crippen LogP contribution in [-0.4, -0.2) is 4.92 Å². The third kappa shape index (κ3) is 3.49. The standard InChI is InChI=1S/C14H12ClNO2S/c1-2-10-3-5-11(6-4-10)19-12-7-8-13(15)14(9-12)16(17)18/h3-9H,2H2,1H3. The second-order valence-corrected chi connectivity index (χ2v) is 5.52. The van der Waals surface area contributed by atoms with Crippen molar-refractivity contribution in [2.24, 2.45) is 0 Å². The van der Waals surface area contributed by atoms with Gasteiger partial charge in [0.05, 0.1) is 4.92 Å². The minimum absolute atomic E-state index is 0.0585. The molecule has 0 amide bonds. The molecule has 0 bridgehead atoms. The predicted molar refractivity (Wildman–Crippen MR) is 78.0 cm³/mol. The Morgan fingerprint density at radius 1 is 1.16 bits per heavy atom. The second-order valence-electron chi connectivity index (χ2n) is 3.97. The van der Waals surface area contributed by atoms with Crippen molar-refractivity contribution in [2.45, 2.75) is 23.1 Å². The van der Waals surface area contributed by atoms with E-state index in [0.717, 1.165) is 16.2 Å². The van der Waals surface area contributed by atoms with Crippen LogP contribution in [0.4, 0.5) is 5.69 Å². The van der Waals surface area contributed by atoms with Gasteiger partial charge >= 0.3 is 0 Å². The summed E-state index contributed by atoms with van der Waals surface area (Å²) >= 11 is 7.27. The van der Waals surface area contributed by atoms with Gasteiger partial charge in [-0.3, -0.25) is 10.1 Å². The number of aryl methyl sites for hydroxylation is 1. The van der Waals surface area contributed by atoms with Crippen molar-refractivity contribution < 1.29 is 4.92 Å². The number of halogens is 1. The predicted octanol–water partition coefficient (Wildman–Crippen LogP) is 4.96. The molecule has 2 aromatic rings. The maximum Gasteiger partial charge on any atom is 0.289 e. The molecule has 2 rings (SSSR count). The summed E-state index contributed by atoms with van der Waals surface area (Å²) in [4.78, 5) is 12.2. The van der Waals surface area contributed by atoms with Crippen molar-refractivity contribution >= 4 is 29.1 Å². The van der Waals surface area contributed by atoms with Crippen LogP contribution in [0.15, 0.2) is 52.3 Å². The van der Waals surface area contributed by atoms with E-state index in [-0.39, 0.29) is 10.7 Å². The molecule has 2 aromatic carbocycles. The van der Waals surface area contributed by atoms with Gasteiger partial charge in [0.1, 0.15) is 5.02 Å². The largest absolute Gasteiger partial charge is 0.289 e. The highest BCUT2D eigenvalue weighted by Crippen LogP contribution is 2.33. The number of hydrogen-bond donors (Lipinski definition) is 0. The average Bonchev–Trinajstić information content (AvgIpc) is 2.41. The van der Waals surface area contributed by atoms with Crippen LogP contribution in [-0.2, 0) is 6.42 Å². The number of hydrogen-bond acceptors (Lipinski definition) is 3. The summed E-state index contributed by atoms with van der Waals surface area (Å²) < 4.78 is 0. The lowest BCUT2D eigenvalue weighted by Gasteiger charge is -2.03. The summed E-state index contributed by atoms with van der Waals surface area (Å²) in [6.45, 7) is 2.10. The van der Waals surface area contributed by atoms with E-state index in [1.807, 2.05) is 12.1 Å². The van der Waals surface area contributed by atoms with Gasteiger partial charge in [-0.25, -0.2) is 0 Å². The molecule has 0 fully saturated rings. The number of benzene rings is 2. The summed E-state index contributed by atoms with van der Waals surface area (Å²) in [7, 11) is 0. The molecule has 5 heteroatoms. The van der Waals surface area contributed by atoms with E-state index in [1.54, 1.807) is 12.1 Å². The highest BCUT2D eigenvalue weighted by Gasteiger charge is 2.13. The first-order chi connectivity index (χ1) is 9.10. The van der Waals surface area contributed by atoms with Gasteiger partial charge in [0.2, 0.25) is 0 Å². The summed E-state index contributed by atoms with van der Waals surface area (Å²) in [6, 6.07) is 13.0. The van der Waals surface area contributed by atoms with Gasteiger partial charge in [-0.1, -0.05) is 42.4 Å². The van der Waals surface area contributed by atoms with Crippen LogP contribution in [0.3, 0.4) is 0 Å². The van der Waals surface area contributed by atoms with Crippen molar-refractivity contribution in [3.63, 3.8) is 0 Å². The van der Waals surface area contributed by atoms with E-state index in [2.05, 4.69) is 19.1 Å². The normalized spacial score (nSPS) is 10.4. The Labute approximate surface area is 120 Å². The topological polar surface area (TPSA) is 43.1 Å². The van der Waals surface area contributed by atoms with E-state index < -0.39 is 4.92 Å². The van der Waals surface area contributed by atoms with E-state index in [0.29, 0.717) is 0 Å². The minimum atomic E-state index is -0.466. The molecular weight excluding hydrogens is 282 g/mol. The lowest BCUT2D eigenvalue weighted by atomic mass is 10.2. The first-order valence-electron chi connectivity index (χ1n) is 5.81. The summed E-state index contributed by atoms with van der Waals surface area (Å²) in [5, 5.41) is 11.0. The molecule has 0 unspecified atom stereocenters. The maximum absolute atomic E-state index is 10.8. The quantitative estimate of drug-likeness (QED) is 0.591. The van der Waals surface area contributed by atoms with Crippen LogP contribution < -0.4 is 0 Å². The summed E-state index contributed by atoms with van der Waals surface area (Å²) in [5.74, 6) is 0. The number of rotatable bonds is 4. The smallest absolute Gasteiger partial charge is 0.258 e. The Morgan fingerprint density at radius 2 is 1.79 bits per heavy atom.